The Bertz CT molecular complexity index is 963. The summed E-state index contributed by atoms with van der Waals surface area (Å²) in [5.74, 6) is -0.497. The minimum Gasteiger partial charge on any atom is -0.433 e. The molecule has 0 aromatic heterocycles. The fourth-order valence-corrected chi connectivity index (χ4v) is 3.69. The van der Waals surface area contributed by atoms with E-state index in [1.807, 2.05) is 0 Å². The molecule has 25 heavy (non-hydrogen) atoms. The van der Waals surface area contributed by atoms with Crippen LogP contribution in [0, 0.1) is 0 Å². The van der Waals surface area contributed by atoms with Gasteiger partial charge < -0.3 is 4.74 Å². The monoisotopic (exact) mass is 392 g/mol. The highest BCUT2D eigenvalue weighted by Gasteiger charge is 2.21. The van der Waals surface area contributed by atoms with Crippen LogP contribution in [0.5, 0.6) is 5.75 Å². The smallest absolute Gasteiger partial charge is 0.387 e. The van der Waals surface area contributed by atoms with Crippen LogP contribution in [-0.2, 0) is 26.6 Å². The molecule has 0 fully saturated rings. The maximum atomic E-state index is 12.4. The largest absolute Gasteiger partial charge is 0.433 e. The van der Waals surface area contributed by atoms with Crippen LogP contribution < -0.4 is 14.6 Å². The van der Waals surface area contributed by atoms with Crippen molar-refractivity contribution in [2.24, 2.45) is 5.14 Å². The SMILES string of the molecule is NS(=O)(=O)c1cccc(CNS(=O)(=O)c2ccccc2OC(F)F)c1. The average molecular weight is 392 g/mol. The Labute approximate surface area is 143 Å². The van der Waals surface area contributed by atoms with Crippen LogP contribution in [0.15, 0.2) is 58.3 Å². The summed E-state index contributed by atoms with van der Waals surface area (Å²) < 4.78 is 78.4. The minimum absolute atomic E-state index is 0.175. The van der Waals surface area contributed by atoms with Crippen LogP contribution in [0.2, 0.25) is 0 Å². The molecule has 0 unspecified atom stereocenters. The second-order valence-corrected chi connectivity index (χ2v) is 8.14. The molecule has 2 rings (SSSR count). The molecule has 0 aliphatic carbocycles. The first-order chi connectivity index (χ1) is 11.6. The minimum atomic E-state index is -4.17. The third kappa shape index (κ3) is 5.19. The van der Waals surface area contributed by atoms with Gasteiger partial charge in [-0.05, 0) is 29.8 Å². The third-order valence-electron chi connectivity index (χ3n) is 3.05. The van der Waals surface area contributed by atoms with E-state index in [1.165, 1.54) is 36.4 Å². The highest BCUT2D eigenvalue weighted by Crippen LogP contribution is 2.25. The zero-order valence-corrected chi connectivity index (χ0v) is 14.2. The third-order valence-corrected chi connectivity index (χ3v) is 5.40. The molecule has 0 saturated carbocycles. The second-order valence-electron chi connectivity index (χ2n) is 4.84. The van der Waals surface area contributed by atoms with Gasteiger partial charge in [0.15, 0.2) is 0 Å². The summed E-state index contributed by atoms with van der Waals surface area (Å²) in [5, 5.41) is 5.01. The van der Waals surface area contributed by atoms with Crippen LogP contribution >= 0.6 is 0 Å². The van der Waals surface area contributed by atoms with Gasteiger partial charge in [0.05, 0.1) is 4.90 Å². The average Bonchev–Trinajstić information content (AvgIpc) is 2.52. The number of halogens is 2. The van der Waals surface area contributed by atoms with Gasteiger partial charge in [-0.25, -0.2) is 26.7 Å². The quantitative estimate of drug-likeness (QED) is 0.739. The van der Waals surface area contributed by atoms with Gasteiger partial charge >= 0.3 is 6.61 Å². The molecular formula is C14H14F2N2O5S2. The van der Waals surface area contributed by atoms with E-state index in [1.54, 1.807) is 0 Å². The summed E-state index contributed by atoms with van der Waals surface area (Å²) in [6.45, 7) is -3.45. The predicted molar refractivity (Wildman–Crippen MR) is 84.9 cm³/mol. The van der Waals surface area contributed by atoms with Crippen molar-refractivity contribution in [2.45, 2.75) is 22.9 Å². The lowest BCUT2D eigenvalue weighted by Crippen LogP contribution is -2.24. The van der Waals surface area contributed by atoms with Gasteiger partial charge in [-0.2, -0.15) is 8.78 Å². The molecule has 2 aromatic carbocycles. The Morgan fingerprint density at radius 3 is 2.36 bits per heavy atom. The molecule has 11 heteroatoms. The molecule has 0 radical (unpaired) electrons. The van der Waals surface area contributed by atoms with E-state index in [2.05, 4.69) is 9.46 Å². The van der Waals surface area contributed by atoms with Crippen LogP contribution in [0.3, 0.4) is 0 Å². The van der Waals surface area contributed by atoms with Crippen molar-refractivity contribution in [3.63, 3.8) is 0 Å². The second kappa shape index (κ2) is 7.44. The van der Waals surface area contributed by atoms with Crippen molar-refractivity contribution >= 4 is 20.0 Å². The van der Waals surface area contributed by atoms with Crippen LogP contribution in [-0.4, -0.2) is 23.4 Å². The number of sulfonamides is 2. The Kier molecular flexibility index (Phi) is 5.72. The van der Waals surface area contributed by atoms with E-state index in [-0.39, 0.29) is 11.4 Å². The van der Waals surface area contributed by atoms with E-state index in [0.29, 0.717) is 5.56 Å². The van der Waals surface area contributed by atoms with Gasteiger partial charge in [0.2, 0.25) is 20.0 Å². The molecule has 0 aliphatic rings. The van der Waals surface area contributed by atoms with E-state index >= 15 is 0 Å². The Hall–Kier alpha value is -2.08. The van der Waals surface area contributed by atoms with Crippen molar-refractivity contribution in [3.8, 4) is 5.75 Å². The van der Waals surface area contributed by atoms with E-state index in [4.69, 9.17) is 5.14 Å². The van der Waals surface area contributed by atoms with Crippen molar-refractivity contribution in [3.05, 3.63) is 54.1 Å². The first-order valence-electron chi connectivity index (χ1n) is 6.75. The van der Waals surface area contributed by atoms with Crippen molar-refractivity contribution in [1.82, 2.24) is 4.72 Å². The van der Waals surface area contributed by atoms with E-state index in [9.17, 15) is 25.6 Å². The number of hydrogen-bond donors (Lipinski definition) is 2. The standard InChI is InChI=1S/C14H14F2N2O5S2/c15-14(16)23-12-6-1-2-7-13(12)25(21,22)18-9-10-4-3-5-11(8-10)24(17,19)20/h1-8,14,18H,9H2,(H2,17,19,20). The highest BCUT2D eigenvalue weighted by molar-refractivity contribution is 7.89. The van der Waals surface area contributed by atoms with Crippen LogP contribution in [0.25, 0.3) is 0 Å². The molecule has 0 amide bonds. The summed E-state index contributed by atoms with van der Waals surface area (Å²) in [6, 6.07) is 10.3. The Morgan fingerprint density at radius 1 is 1.04 bits per heavy atom. The number of hydrogen-bond acceptors (Lipinski definition) is 5. The summed E-state index contributed by atoms with van der Waals surface area (Å²) in [5.41, 5.74) is 0.322. The molecule has 0 bridgehead atoms. The number of alkyl halides is 2. The molecule has 0 heterocycles. The highest BCUT2D eigenvalue weighted by atomic mass is 32.2. The molecule has 136 valence electrons. The van der Waals surface area contributed by atoms with Gasteiger partial charge in [0.1, 0.15) is 10.6 Å². The van der Waals surface area contributed by atoms with Gasteiger partial charge in [-0.1, -0.05) is 24.3 Å². The molecular weight excluding hydrogens is 378 g/mol. The summed E-state index contributed by atoms with van der Waals surface area (Å²) in [7, 11) is -8.10. The van der Waals surface area contributed by atoms with Crippen LogP contribution in [0.4, 0.5) is 8.78 Å². The molecule has 0 spiro atoms. The van der Waals surface area contributed by atoms with Crippen molar-refractivity contribution in [1.29, 1.82) is 0 Å². The first kappa shape index (κ1) is 19.2. The lowest BCUT2D eigenvalue weighted by Gasteiger charge is -2.12. The topological polar surface area (TPSA) is 116 Å². The van der Waals surface area contributed by atoms with Gasteiger partial charge in [0.25, 0.3) is 0 Å². The summed E-state index contributed by atoms with van der Waals surface area (Å²) >= 11 is 0. The molecule has 0 aliphatic heterocycles. The van der Waals surface area contributed by atoms with E-state index < -0.39 is 37.3 Å². The number of rotatable bonds is 7. The normalized spacial score (nSPS) is 12.3. The number of nitrogens with two attached hydrogens (primary N) is 1. The van der Waals surface area contributed by atoms with Crippen molar-refractivity contribution in [2.75, 3.05) is 0 Å². The first-order valence-corrected chi connectivity index (χ1v) is 9.78. The lowest BCUT2D eigenvalue weighted by molar-refractivity contribution is -0.0517. The fourth-order valence-electron chi connectivity index (χ4n) is 1.95. The molecule has 0 atom stereocenters. The number of nitrogens with one attached hydrogen (secondary N) is 1. The summed E-state index contributed by atoms with van der Waals surface area (Å²) in [6.07, 6.45) is 0. The Morgan fingerprint density at radius 2 is 1.72 bits per heavy atom. The van der Waals surface area contributed by atoms with E-state index in [0.717, 1.165) is 12.1 Å². The Balaban J connectivity index is 2.24. The van der Waals surface area contributed by atoms with Gasteiger partial charge in [-0.15, -0.1) is 0 Å². The zero-order chi connectivity index (χ0) is 18.7. The van der Waals surface area contributed by atoms with Crippen molar-refractivity contribution < 1.29 is 30.4 Å². The fraction of sp³-hybridized carbons (Fsp3) is 0.143. The number of primary sulfonamides is 1. The molecule has 2 aromatic rings. The number of benzene rings is 2. The summed E-state index contributed by atoms with van der Waals surface area (Å²) in [4.78, 5) is -0.636. The number of ether oxygens (including phenoxy) is 1. The van der Waals surface area contributed by atoms with Gasteiger partial charge in [-0.3, -0.25) is 0 Å². The van der Waals surface area contributed by atoms with Crippen LogP contribution in [0.1, 0.15) is 5.56 Å². The maximum Gasteiger partial charge on any atom is 0.387 e. The van der Waals surface area contributed by atoms with Gasteiger partial charge in [0, 0.05) is 6.54 Å². The maximum absolute atomic E-state index is 12.4. The molecule has 7 nitrogen and oxygen atoms in total. The predicted octanol–water partition coefficient (Wildman–Crippen LogP) is 1.41. The molecule has 3 N–H and O–H groups in total. The lowest BCUT2D eigenvalue weighted by atomic mass is 10.2. The zero-order valence-electron chi connectivity index (χ0n) is 12.6. The number of para-hydroxylation sites is 1. The molecule has 0 saturated heterocycles.